The number of esters is 1. The average molecular weight is 356 g/mol. The average Bonchev–Trinajstić information content (AvgIpc) is 3.32. The predicted molar refractivity (Wildman–Crippen MR) is 93.9 cm³/mol. The van der Waals surface area contributed by atoms with Gasteiger partial charge in [-0.25, -0.2) is 9.59 Å². The van der Waals surface area contributed by atoms with E-state index in [0.717, 1.165) is 12.8 Å². The van der Waals surface area contributed by atoms with E-state index >= 15 is 0 Å². The van der Waals surface area contributed by atoms with Crippen molar-refractivity contribution in [2.24, 2.45) is 11.8 Å². The van der Waals surface area contributed by atoms with E-state index < -0.39 is 35.7 Å². The molecule has 7 nitrogen and oxygen atoms in total. The van der Waals surface area contributed by atoms with Crippen LogP contribution in [-0.2, 0) is 19.1 Å². The summed E-state index contributed by atoms with van der Waals surface area (Å²) in [5, 5.41) is 5.37. The summed E-state index contributed by atoms with van der Waals surface area (Å²) in [6, 6.07) is -1.46. The third kappa shape index (κ3) is 7.75. The Bertz CT molecular complexity index is 482. The van der Waals surface area contributed by atoms with Gasteiger partial charge in [0.15, 0.2) is 0 Å². The van der Waals surface area contributed by atoms with Crippen LogP contribution in [0.15, 0.2) is 0 Å². The zero-order chi connectivity index (χ0) is 19.2. The van der Waals surface area contributed by atoms with E-state index in [9.17, 15) is 14.4 Å². The number of carbonyl (C=O) groups excluding carboxylic acids is 3. The normalized spacial score (nSPS) is 17.8. The van der Waals surface area contributed by atoms with Gasteiger partial charge in [-0.2, -0.15) is 0 Å². The van der Waals surface area contributed by atoms with Gasteiger partial charge < -0.3 is 20.1 Å². The first-order chi connectivity index (χ1) is 11.6. The van der Waals surface area contributed by atoms with Gasteiger partial charge >= 0.3 is 12.1 Å². The molecule has 0 bridgehead atoms. The minimum Gasteiger partial charge on any atom is -0.467 e. The fourth-order valence-corrected chi connectivity index (χ4v) is 2.44. The number of nitrogens with one attached hydrogen (secondary N) is 2. The summed E-state index contributed by atoms with van der Waals surface area (Å²) in [4.78, 5) is 36.7. The van der Waals surface area contributed by atoms with E-state index in [2.05, 4.69) is 10.6 Å². The molecule has 0 aromatic heterocycles. The Labute approximate surface area is 150 Å². The molecule has 7 heteroatoms. The number of hydrogen-bond donors (Lipinski definition) is 2. The Morgan fingerprint density at radius 1 is 1.16 bits per heavy atom. The molecule has 2 N–H and O–H groups in total. The highest BCUT2D eigenvalue weighted by Gasteiger charge is 2.34. The fraction of sp³-hybridized carbons (Fsp3) is 0.833. The van der Waals surface area contributed by atoms with Crippen molar-refractivity contribution < 1.29 is 23.9 Å². The van der Waals surface area contributed by atoms with Crippen molar-refractivity contribution in [3.05, 3.63) is 0 Å². The molecule has 0 radical (unpaired) electrons. The first-order valence-corrected chi connectivity index (χ1v) is 8.95. The molecule has 0 aliphatic heterocycles. The Morgan fingerprint density at radius 3 is 2.20 bits per heavy atom. The van der Waals surface area contributed by atoms with Crippen molar-refractivity contribution in [2.45, 2.75) is 78.0 Å². The van der Waals surface area contributed by atoms with Crippen LogP contribution in [0.1, 0.15) is 60.3 Å². The highest BCUT2D eigenvalue weighted by molar-refractivity contribution is 5.89. The van der Waals surface area contributed by atoms with Crippen LogP contribution in [0, 0.1) is 11.8 Å². The van der Waals surface area contributed by atoms with Gasteiger partial charge in [-0.15, -0.1) is 0 Å². The second-order valence-corrected chi connectivity index (χ2v) is 7.77. The molecule has 1 aliphatic carbocycles. The molecule has 1 saturated carbocycles. The Hall–Kier alpha value is -1.79. The third-order valence-corrected chi connectivity index (χ3v) is 4.24. The van der Waals surface area contributed by atoms with Crippen LogP contribution in [-0.4, -0.2) is 42.8 Å². The van der Waals surface area contributed by atoms with Gasteiger partial charge in [0.1, 0.15) is 17.7 Å². The Morgan fingerprint density at radius 2 is 1.76 bits per heavy atom. The van der Waals surface area contributed by atoms with Crippen molar-refractivity contribution >= 4 is 18.0 Å². The number of alkyl carbamates (subject to hydrolysis) is 1. The van der Waals surface area contributed by atoms with E-state index in [1.54, 1.807) is 20.8 Å². The van der Waals surface area contributed by atoms with Crippen LogP contribution in [0.2, 0.25) is 0 Å². The lowest BCUT2D eigenvalue weighted by molar-refractivity contribution is -0.145. The molecule has 1 fully saturated rings. The van der Waals surface area contributed by atoms with Gasteiger partial charge in [-0.3, -0.25) is 4.79 Å². The smallest absolute Gasteiger partial charge is 0.408 e. The minimum absolute atomic E-state index is 0.105. The third-order valence-electron chi connectivity index (χ3n) is 4.24. The maximum Gasteiger partial charge on any atom is 0.408 e. The summed E-state index contributed by atoms with van der Waals surface area (Å²) in [5.41, 5.74) is -0.652. The van der Waals surface area contributed by atoms with Crippen molar-refractivity contribution in [1.29, 1.82) is 0 Å². The molecule has 1 aliphatic rings. The first kappa shape index (κ1) is 21.3. The van der Waals surface area contributed by atoms with Crippen LogP contribution in [0.4, 0.5) is 4.79 Å². The van der Waals surface area contributed by atoms with Crippen LogP contribution in [0.5, 0.6) is 0 Å². The summed E-state index contributed by atoms with van der Waals surface area (Å²) in [7, 11) is 1.31. The topological polar surface area (TPSA) is 93.7 Å². The van der Waals surface area contributed by atoms with Crippen LogP contribution in [0.3, 0.4) is 0 Å². The summed E-state index contributed by atoms with van der Waals surface area (Å²) in [6.45, 7) is 9.08. The molecule has 3 atom stereocenters. The highest BCUT2D eigenvalue weighted by atomic mass is 16.6. The molecule has 0 aromatic rings. The second kappa shape index (κ2) is 9.06. The lowest BCUT2D eigenvalue weighted by atomic mass is 9.98. The number of carbonyl (C=O) groups is 3. The molecular weight excluding hydrogens is 324 g/mol. The van der Waals surface area contributed by atoms with Gasteiger partial charge in [0.25, 0.3) is 0 Å². The lowest BCUT2D eigenvalue weighted by Crippen LogP contribution is -2.55. The van der Waals surface area contributed by atoms with Crippen LogP contribution >= 0.6 is 0 Å². The van der Waals surface area contributed by atoms with E-state index in [-0.39, 0.29) is 5.92 Å². The number of hydrogen-bond acceptors (Lipinski definition) is 5. The van der Waals surface area contributed by atoms with E-state index in [0.29, 0.717) is 18.8 Å². The quantitative estimate of drug-likeness (QED) is 0.651. The molecule has 0 aromatic carbocycles. The lowest BCUT2D eigenvalue weighted by Gasteiger charge is -2.27. The Kier molecular flexibility index (Phi) is 7.70. The first-order valence-electron chi connectivity index (χ1n) is 8.95. The minimum atomic E-state index is -0.772. The van der Waals surface area contributed by atoms with Gasteiger partial charge in [-0.05, 0) is 39.0 Å². The highest BCUT2D eigenvalue weighted by Crippen LogP contribution is 2.33. The SMILES string of the molecule is CCC(C)[C@H](NC(=O)OC(C)(C)C)C(=O)NC(CC1CC1)C(=O)OC. The largest absolute Gasteiger partial charge is 0.467 e. The summed E-state index contributed by atoms with van der Waals surface area (Å²) in [6.07, 6.45) is 2.74. The fourth-order valence-electron chi connectivity index (χ4n) is 2.44. The summed E-state index contributed by atoms with van der Waals surface area (Å²) >= 11 is 0. The second-order valence-electron chi connectivity index (χ2n) is 7.77. The van der Waals surface area contributed by atoms with Crippen molar-refractivity contribution in [2.75, 3.05) is 7.11 Å². The number of rotatable bonds is 8. The van der Waals surface area contributed by atoms with Gasteiger partial charge in [0.05, 0.1) is 7.11 Å². The number of methoxy groups -OCH3 is 1. The molecule has 0 heterocycles. The molecule has 144 valence electrons. The molecular formula is C18H32N2O5. The van der Waals surface area contributed by atoms with Gasteiger partial charge in [-0.1, -0.05) is 33.1 Å². The van der Waals surface area contributed by atoms with Crippen LogP contribution in [0.25, 0.3) is 0 Å². The summed E-state index contributed by atoms with van der Waals surface area (Å²) in [5.74, 6) is -0.506. The molecule has 2 unspecified atom stereocenters. The van der Waals surface area contributed by atoms with E-state index in [1.807, 2.05) is 13.8 Å². The van der Waals surface area contributed by atoms with Crippen LogP contribution < -0.4 is 10.6 Å². The standard InChI is InChI=1S/C18H32N2O5/c1-7-11(2)14(20-17(23)25-18(3,4)5)15(21)19-13(16(22)24-6)10-12-8-9-12/h11-14H,7-10H2,1-6H3,(H,19,21)(H,20,23)/t11?,13?,14-/m0/s1. The van der Waals surface area contributed by atoms with Gasteiger partial charge in [0.2, 0.25) is 5.91 Å². The molecule has 0 spiro atoms. The van der Waals surface area contributed by atoms with Crippen molar-refractivity contribution in [1.82, 2.24) is 10.6 Å². The maximum absolute atomic E-state index is 12.7. The van der Waals surface area contributed by atoms with Crippen molar-refractivity contribution in [3.63, 3.8) is 0 Å². The van der Waals surface area contributed by atoms with Crippen molar-refractivity contribution in [3.8, 4) is 0 Å². The zero-order valence-electron chi connectivity index (χ0n) is 16.2. The summed E-state index contributed by atoms with van der Waals surface area (Å²) < 4.78 is 10.0. The van der Waals surface area contributed by atoms with Gasteiger partial charge in [0, 0.05) is 0 Å². The molecule has 1 rings (SSSR count). The van der Waals surface area contributed by atoms with E-state index in [4.69, 9.17) is 9.47 Å². The Balaban J connectivity index is 2.76. The molecule has 2 amide bonds. The maximum atomic E-state index is 12.7. The molecule has 25 heavy (non-hydrogen) atoms. The predicted octanol–water partition coefficient (Wildman–Crippen LogP) is 2.38. The molecule has 0 saturated heterocycles. The number of amides is 2. The zero-order valence-corrected chi connectivity index (χ0v) is 16.2. The monoisotopic (exact) mass is 356 g/mol. The van der Waals surface area contributed by atoms with E-state index in [1.165, 1.54) is 7.11 Å². The number of ether oxygens (including phenoxy) is 2.